The molecule has 0 saturated heterocycles. The van der Waals surface area contributed by atoms with Crippen LogP contribution < -0.4 is 11.1 Å². The molecule has 0 aliphatic rings. The number of rotatable bonds is 4. The Kier molecular flexibility index (Phi) is 4.31. The number of nitrogen functional groups attached to an aromatic ring is 1. The fraction of sp³-hybridized carbons (Fsp3) is 0.417. The van der Waals surface area contributed by atoms with Crippen LogP contribution in [0.4, 0.5) is 5.69 Å². The van der Waals surface area contributed by atoms with Crippen molar-refractivity contribution in [3.05, 3.63) is 29.3 Å². The number of aliphatic hydroxyl groups excluding tert-OH is 1. The van der Waals surface area contributed by atoms with Crippen LogP contribution in [0.3, 0.4) is 0 Å². The normalized spacial score (nSPS) is 12.2. The predicted molar refractivity (Wildman–Crippen MR) is 64.2 cm³/mol. The molecule has 0 bridgehead atoms. The van der Waals surface area contributed by atoms with Gasteiger partial charge in [0.05, 0.1) is 12.6 Å². The fourth-order valence-electron chi connectivity index (χ4n) is 1.33. The molecule has 0 spiro atoms. The Balaban J connectivity index is 2.76. The molecule has 4 N–H and O–H groups in total. The summed E-state index contributed by atoms with van der Waals surface area (Å²) in [4.78, 5) is 11.8. The number of carbonyl (C=O) groups is 1. The molecule has 16 heavy (non-hydrogen) atoms. The highest BCUT2D eigenvalue weighted by Crippen LogP contribution is 2.12. The predicted octanol–water partition coefficient (Wildman–Crippen LogP) is 1.08. The first-order chi connectivity index (χ1) is 7.58. The number of benzene rings is 1. The van der Waals surface area contributed by atoms with E-state index in [0.29, 0.717) is 17.7 Å². The second-order valence-corrected chi connectivity index (χ2v) is 3.83. The Bertz CT molecular complexity index is 373. The van der Waals surface area contributed by atoms with Gasteiger partial charge in [-0.3, -0.25) is 4.79 Å². The van der Waals surface area contributed by atoms with Crippen molar-refractivity contribution in [3.63, 3.8) is 0 Å². The minimum absolute atomic E-state index is 0.0520. The van der Waals surface area contributed by atoms with Gasteiger partial charge in [-0.2, -0.15) is 0 Å². The summed E-state index contributed by atoms with van der Waals surface area (Å²) in [5.41, 5.74) is 7.80. The van der Waals surface area contributed by atoms with Crippen LogP contribution in [0.5, 0.6) is 0 Å². The second kappa shape index (κ2) is 5.51. The molecule has 0 fully saturated rings. The number of aryl methyl sites for hydroxylation is 1. The summed E-state index contributed by atoms with van der Waals surface area (Å²) in [6.07, 6.45) is 0.698. The summed E-state index contributed by atoms with van der Waals surface area (Å²) in [6, 6.07) is 4.99. The van der Waals surface area contributed by atoms with Crippen molar-refractivity contribution >= 4 is 11.6 Å². The van der Waals surface area contributed by atoms with Gasteiger partial charge in [-0.15, -0.1) is 0 Å². The highest BCUT2D eigenvalue weighted by molar-refractivity contribution is 5.95. The Morgan fingerprint density at radius 1 is 1.56 bits per heavy atom. The summed E-state index contributed by atoms with van der Waals surface area (Å²) < 4.78 is 0. The van der Waals surface area contributed by atoms with Crippen LogP contribution in [0, 0.1) is 6.92 Å². The van der Waals surface area contributed by atoms with Crippen molar-refractivity contribution in [1.82, 2.24) is 5.32 Å². The maximum Gasteiger partial charge on any atom is 0.251 e. The van der Waals surface area contributed by atoms with Crippen molar-refractivity contribution in [1.29, 1.82) is 0 Å². The van der Waals surface area contributed by atoms with Gasteiger partial charge in [-0.05, 0) is 31.0 Å². The number of hydrogen-bond acceptors (Lipinski definition) is 3. The van der Waals surface area contributed by atoms with E-state index in [9.17, 15) is 4.79 Å². The van der Waals surface area contributed by atoms with Gasteiger partial charge >= 0.3 is 0 Å². The summed E-state index contributed by atoms with van der Waals surface area (Å²) in [7, 11) is 0. The molecule has 0 aliphatic heterocycles. The lowest BCUT2D eigenvalue weighted by atomic mass is 10.1. The molecular weight excluding hydrogens is 204 g/mol. The van der Waals surface area contributed by atoms with E-state index in [1.54, 1.807) is 12.1 Å². The third-order valence-corrected chi connectivity index (χ3v) is 2.59. The van der Waals surface area contributed by atoms with Crippen LogP contribution in [0.15, 0.2) is 18.2 Å². The van der Waals surface area contributed by atoms with Gasteiger partial charge in [-0.25, -0.2) is 0 Å². The van der Waals surface area contributed by atoms with Crippen LogP contribution in [0.25, 0.3) is 0 Å². The molecule has 1 aromatic carbocycles. The summed E-state index contributed by atoms with van der Waals surface area (Å²) in [5, 5.41) is 11.7. The average molecular weight is 222 g/mol. The van der Waals surface area contributed by atoms with Crippen molar-refractivity contribution in [3.8, 4) is 0 Å². The van der Waals surface area contributed by atoms with Gasteiger partial charge in [0.15, 0.2) is 0 Å². The Morgan fingerprint density at radius 2 is 2.25 bits per heavy atom. The van der Waals surface area contributed by atoms with Crippen molar-refractivity contribution in [2.75, 3.05) is 12.3 Å². The average Bonchev–Trinajstić information content (AvgIpc) is 2.29. The second-order valence-electron chi connectivity index (χ2n) is 3.83. The van der Waals surface area contributed by atoms with Crippen molar-refractivity contribution < 1.29 is 9.90 Å². The van der Waals surface area contributed by atoms with Gasteiger partial charge < -0.3 is 16.2 Å². The smallest absolute Gasteiger partial charge is 0.251 e. The number of carbonyl (C=O) groups excluding carboxylic acids is 1. The van der Waals surface area contributed by atoms with Gasteiger partial charge in [0.2, 0.25) is 0 Å². The first-order valence-corrected chi connectivity index (χ1v) is 5.36. The lowest BCUT2D eigenvalue weighted by molar-refractivity contribution is 0.0915. The van der Waals surface area contributed by atoms with Crippen LogP contribution in [0.1, 0.15) is 29.3 Å². The van der Waals surface area contributed by atoms with E-state index in [4.69, 9.17) is 10.8 Å². The fourth-order valence-corrected chi connectivity index (χ4v) is 1.33. The Labute approximate surface area is 95.5 Å². The van der Waals surface area contributed by atoms with Crippen molar-refractivity contribution in [2.45, 2.75) is 26.3 Å². The Hall–Kier alpha value is -1.55. The third-order valence-electron chi connectivity index (χ3n) is 2.59. The summed E-state index contributed by atoms with van der Waals surface area (Å²) in [5.74, 6) is -0.201. The maximum atomic E-state index is 11.8. The van der Waals surface area contributed by atoms with Crippen molar-refractivity contribution in [2.24, 2.45) is 0 Å². The van der Waals surface area contributed by atoms with E-state index < -0.39 is 0 Å². The minimum Gasteiger partial charge on any atom is -0.398 e. The molecule has 0 aromatic heterocycles. The summed E-state index contributed by atoms with van der Waals surface area (Å²) >= 11 is 0. The molecule has 0 heterocycles. The lowest BCUT2D eigenvalue weighted by Gasteiger charge is -2.14. The van der Waals surface area contributed by atoms with E-state index >= 15 is 0 Å². The SMILES string of the molecule is CC[C@@H](CO)NC(=O)c1ccc(C)c(N)c1. The zero-order valence-electron chi connectivity index (χ0n) is 9.66. The quantitative estimate of drug-likeness (QED) is 0.667. The van der Waals surface area contributed by atoms with Gasteiger partial charge in [0.1, 0.15) is 0 Å². The third kappa shape index (κ3) is 2.97. The number of hydrogen-bond donors (Lipinski definition) is 3. The Morgan fingerprint density at radius 3 is 2.75 bits per heavy atom. The van der Waals surface area contributed by atoms with Gasteiger partial charge in [0, 0.05) is 11.3 Å². The monoisotopic (exact) mass is 222 g/mol. The number of nitrogens with two attached hydrogens (primary N) is 1. The zero-order valence-corrected chi connectivity index (χ0v) is 9.66. The molecule has 0 radical (unpaired) electrons. The number of amides is 1. The molecule has 1 rings (SSSR count). The number of nitrogens with one attached hydrogen (secondary N) is 1. The molecule has 0 saturated carbocycles. The highest BCUT2D eigenvalue weighted by Gasteiger charge is 2.11. The standard InChI is InChI=1S/C12H18N2O2/c1-3-10(7-15)14-12(16)9-5-4-8(2)11(13)6-9/h4-6,10,15H,3,7,13H2,1-2H3,(H,14,16)/t10-/m0/s1. The maximum absolute atomic E-state index is 11.8. The largest absolute Gasteiger partial charge is 0.398 e. The molecule has 1 atom stereocenters. The van der Waals surface area contributed by atoms with E-state index in [1.165, 1.54) is 0 Å². The van der Waals surface area contributed by atoms with E-state index in [-0.39, 0.29) is 18.6 Å². The van der Waals surface area contributed by atoms with Crippen LogP contribution in [-0.2, 0) is 0 Å². The van der Waals surface area contributed by atoms with E-state index in [1.807, 2.05) is 19.9 Å². The van der Waals surface area contributed by atoms with E-state index in [0.717, 1.165) is 5.56 Å². The van der Waals surface area contributed by atoms with Gasteiger partial charge in [0.25, 0.3) is 5.91 Å². The molecule has 88 valence electrons. The van der Waals surface area contributed by atoms with E-state index in [2.05, 4.69) is 5.32 Å². The molecule has 1 amide bonds. The van der Waals surface area contributed by atoms with Gasteiger partial charge in [-0.1, -0.05) is 13.0 Å². The molecule has 0 aliphatic carbocycles. The molecule has 0 unspecified atom stereocenters. The topological polar surface area (TPSA) is 75.3 Å². The number of aliphatic hydroxyl groups is 1. The number of anilines is 1. The molecular formula is C12H18N2O2. The highest BCUT2D eigenvalue weighted by atomic mass is 16.3. The first-order valence-electron chi connectivity index (χ1n) is 5.36. The van der Waals surface area contributed by atoms with Crippen LogP contribution in [-0.4, -0.2) is 23.7 Å². The minimum atomic E-state index is -0.201. The molecule has 1 aromatic rings. The zero-order chi connectivity index (χ0) is 12.1. The van der Waals surface area contributed by atoms with Crippen LogP contribution in [0.2, 0.25) is 0 Å². The van der Waals surface area contributed by atoms with Crippen LogP contribution >= 0.6 is 0 Å². The first kappa shape index (κ1) is 12.5. The molecule has 4 heteroatoms. The lowest BCUT2D eigenvalue weighted by Crippen LogP contribution is -2.36. The molecule has 4 nitrogen and oxygen atoms in total. The summed E-state index contributed by atoms with van der Waals surface area (Å²) in [6.45, 7) is 3.74.